The van der Waals surface area contributed by atoms with E-state index in [1.54, 1.807) is 25.1 Å². The van der Waals surface area contributed by atoms with Gasteiger partial charge in [-0.25, -0.2) is 22.7 Å². The van der Waals surface area contributed by atoms with Crippen LogP contribution in [0.5, 0.6) is 0 Å². The second-order valence-corrected chi connectivity index (χ2v) is 11.5. The molecule has 0 spiro atoms. The molecule has 44 heavy (non-hydrogen) atoms. The van der Waals surface area contributed by atoms with E-state index in [1.807, 2.05) is 4.90 Å². The first-order valence-corrected chi connectivity index (χ1v) is 13.8. The lowest BCUT2D eigenvalue weighted by Gasteiger charge is -2.31. The van der Waals surface area contributed by atoms with Crippen LogP contribution in [-0.2, 0) is 11.3 Å². The molecule has 10 nitrogen and oxygen atoms in total. The lowest BCUT2D eigenvalue weighted by atomic mass is 10.0. The quantitative estimate of drug-likeness (QED) is 0.359. The Kier molecular flexibility index (Phi) is 8.03. The Morgan fingerprint density at radius 3 is 2.50 bits per heavy atom. The number of benzene rings is 1. The molecule has 2 saturated heterocycles. The molecule has 4 heterocycles. The Labute approximate surface area is 247 Å². The third-order valence-corrected chi connectivity index (χ3v) is 8.24. The summed E-state index contributed by atoms with van der Waals surface area (Å²) in [5.74, 6) is -4.97. The highest BCUT2D eigenvalue weighted by molar-refractivity contribution is 5.97. The first kappa shape index (κ1) is 31.5. The number of nitrogens with zero attached hydrogens (tertiary/aromatic N) is 5. The fourth-order valence-electron chi connectivity index (χ4n) is 5.52. The number of likely N-dealkylation sites (tertiary alicyclic amines) is 2. The number of amides is 2. The van der Waals surface area contributed by atoms with E-state index in [2.05, 4.69) is 15.4 Å². The zero-order valence-corrected chi connectivity index (χ0v) is 23.8. The molecular weight excluding hydrogens is 596 g/mol. The third-order valence-electron chi connectivity index (χ3n) is 8.24. The lowest BCUT2D eigenvalue weighted by molar-refractivity contribution is -0.249. The maximum Gasteiger partial charge on any atom is 0.426 e. The van der Waals surface area contributed by atoms with Gasteiger partial charge in [-0.2, -0.15) is 18.3 Å². The summed E-state index contributed by atoms with van der Waals surface area (Å²) in [6.45, 7) is 1.33. The van der Waals surface area contributed by atoms with Crippen LogP contribution >= 0.6 is 0 Å². The molecule has 2 aliphatic heterocycles. The molecule has 0 saturated carbocycles. The van der Waals surface area contributed by atoms with Gasteiger partial charge < -0.3 is 21.1 Å². The first-order valence-electron chi connectivity index (χ1n) is 13.8. The predicted molar refractivity (Wildman–Crippen MR) is 146 cm³/mol. The zero-order valence-electron chi connectivity index (χ0n) is 23.8. The molecule has 4 N–H and O–H groups in total. The molecule has 2 aliphatic rings. The van der Waals surface area contributed by atoms with E-state index in [9.17, 15) is 41.0 Å². The minimum Gasteiger partial charge on any atom is -0.382 e. The van der Waals surface area contributed by atoms with E-state index in [1.165, 1.54) is 16.9 Å². The summed E-state index contributed by atoms with van der Waals surface area (Å²) in [5, 5.41) is 16.5. The van der Waals surface area contributed by atoms with Crippen molar-refractivity contribution in [3.05, 3.63) is 47.3 Å². The minimum absolute atomic E-state index is 0.138. The number of rotatable bonds is 6. The number of nitrogen functional groups attached to an aromatic ring is 1. The molecule has 1 unspecified atom stereocenters. The van der Waals surface area contributed by atoms with Crippen LogP contribution in [0, 0.1) is 6.92 Å². The van der Waals surface area contributed by atoms with E-state index in [0.717, 1.165) is 0 Å². The minimum atomic E-state index is -5.27. The van der Waals surface area contributed by atoms with Gasteiger partial charge in [0.25, 0.3) is 17.7 Å². The summed E-state index contributed by atoms with van der Waals surface area (Å²) in [4.78, 5) is 32.1. The van der Waals surface area contributed by atoms with Crippen LogP contribution < -0.4 is 11.1 Å². The second kappa shape index (κ2) is 11.2. The molecular formula is C28H31F6N7O3. The Morgan fingerprint density at radius 2 is 1.84 bits per heavy atom. The highest BCUT2D eigenvalue weighted by atomic mass is 19.4. The van der Waals surface area contributed by atoms with Gasteiger partial charge in [-0.05, 0) is 37.1 Å². The van der Waals surface area contributed by atoms with Crippen LogP contribution in [0.15, 0.2) is 30.6 Å². The number of hydrogen-bond acceptors (Lipinski definition) is 7. The van der Waals surface area contributed by atoms with Gasteiger partial charge in [-0.15, -0.1) is 0 Å². The summed E-state index contributed by atoms with van der Waals surface area (Å²) in [6, 6.07) is 5.38. The van der Waals surface area contributed by atoms with Crippen LogP contribution in [-0.4, -0.2) is 97.4 Å². The van der Waals surface area contributed by atoms with Crippen molar-refractivity contribution in [1.29, 1.82) is 0 Å². The number of halogens is 6. The van der Waals surface area contributed by atoms with Crippen molar-refractivity contribution in [2.75, 3.05) is 31.9 Å². The molecule has 2 fully saturated rings. The fourth-order valence-corrected chi connectivity index (χ4v) is 5.52. The fraction of sp³-hybridized carbons (Fsp3) is 0.500. The molecule has 1 aromatic carbocycles. The van der Waals surface area contributed by atoms with Crippen molar-refractivity contribution in [3.8, 4) is 11.3 Å². The van der Waals surface area contributed by atoms with Gasteiger partial charge in [0.2, 0.25) is 5.60 Å². The molecule has 238 valence electrons. The SMILES string of the molecule is Cc1ccc(-c2cc(CN3CCC(F)(F)CC3)c3c(N)ncnn23)cc1C(=O)N[C@@H]1CN(C(=O)[C@@](C)(O)C(F)(F)F)CC1F. The third kappa shape index (κ3) is 5.92. The van der Waals surface area contributed by atoms with Crippen molar-refractivity contribution in [1.82, 2.24) is 29.7 Å². The Morgan fingerprint density at radius 1 is 1.16 bits per heavy atom. The summed E-state index contributed by atoms with van der Waals surface area (Å²) < 4.78 is 83.2. The topological polar surface area (TPSA) is 129 Å². The summed E-state index contributed by atoms with van der Waals surface area (Å²) in [6.07, 6.45) is -6.41. The number of carbonyl (C=O) groups is 2. The molecule has 0 radical (unpaired) electrons. The number of nitrogens with two attached hydrogens (primary N) is 1. The molecule has 16 heteroatoms. The highest BCUT2D eigenvalue weighted by Gasteiger charge is 2.58. The van der Waals surface area contributed by atoms with Crippen molar-refractivity contribution in [3.63, 3.8) is 0 Å². The average Bonchev–Trinajstić information content (AvgIpc) is 3.49. The van der Waals surface area contributed by atoms with Crippen molar-refractivity contribution < 1.29 is 41.0 Å². The van der Waals surface area contributed by atoms with Crippen LogP contribution in [0.25, 0.3) is 16.8 Å². The van der Waals surface area contributed by atoms with Gasteiger partial charge in [-0.3, -0.25) is 14.5 Å². The molecule has 5 rings (SSSR count). The van der Waals surface area contributed by atoms with Crippen LogP contribution in [0.4, 0.5) is 32.2 Å². The van der Waals surface area contributed by atoms with E-state index in [-0.39, 0.29) is 37.3 Å². The van der Waals surface area contributed by atoms with Crippen molar-refractivity contribution in [2.45, 2.75) is 63.1 Å². The Hall–Kier alpha value is -3.92. The number of carbonyl (C=O) groups excluding carboxylic acids is 2. The number of hydrogen-bond donors (Lipinski definition) is 3. The second-order valence-electron chi connectivity index (χ2n) is 11.5. The van der Waals surface area contributed by atoms with E-state index < -0.39 is 54.8 Å². The molecule has 3 atom stereocenters. The number of nitrogens with one attached hydrogen (secondary N) is 1. The molecule has 0 bridgehead atoms. The Bertz CT molecular complexity index is 1580. The molecule has 0 aliphatic carbocycles. The molecule has 3 aromatic rings. The maximum atomic E-state index is 14.8. The van der Waals surface area contributed by atoms with Crippen LogP contribution in [0.3, 0.4) is 0 Å². The number of aryl methyl sites for hydroxylation is 1. The highest BCUT2D eigenvalue weighted by Crippen LogP contribution is 2.34. The van der Waals surface area contributed by atoms with Crippen molar-refractivity contribution >= 4 is 23.1 Å². The molecule has 2 aromatic heterocycles. The number of aliphatic hydroxyl groups is 1. The Balaban J connectivity index is 1.38. The summed E-state index contributed by atoms with van der Waals surface area (Å²) in [5.41, 5.74) is 5.33. The van der Waals surface area contributed by atoms with Gasteiger partial charge in [0.15, 0.2) is 5.82 Å². The normalized spacial score (nSPS) is 22.2. The van der Waals surface area contributed by atoms with Crippen molar-refractivity contribution in [2.24, 2.45) is 0 Å². The largest absolute Gasteiger partial charge is 0.426 e. The van der Waals surface area contributed by atoms with Gasteiger partial charge in [0.1, 0.15) is 18.0 Å². The van der Waals surface area contributed by atoms with Crippen LogP contribution in [0.2, 0.25) is 0 Å². The number of alkyl halides is 6. The number of anilines is 1. The molecule has 2 amide bonds. The monoisotopic (exact) mass is 627 g/mol. The maximum absolute atomic E-state index is 14.8. The summed E-state index contributed by atoms with van der Waals surface area (Å²) >= 11 is 0. The average molecular weight is 628 g/mol. The van der Waals surface area contributed by atoms with E-state index in [0.29, 0.717) is 46.3 Å². The van der Waals surface area contributed by atoms with Crippen LogP contribution in [0.1, 0.15) is 41.3 Å². The number of fused-ring (bicyclic) bond motifs is 1. The van der Waals surface area contributed by atoms with E-state index in [4.69, 9.17) is 5.73 Å². The van der Waals surface area contributed by atoms with Gasteiger partial charge in [0, 0.05) is 50.1 Å². The number of aromatic nitrogens is 3. The first-order chi connectivity index (χ1) is 20.5. The van der Waals surface area contributed by atoms with Gasteiger partial charge in [0.05, 0.1) is 18.3 Å². The summed E-state index contributed by atoms with van der Waals surface area (Å²) in [7, 11) is 0. The zero-order chi connectivity index (χ0) is 32.2. The smallest absolute Gasteiger partial charge is 0.382 e. The van der Waals surface area contributed by atoms with Gasteiger partial charge >= 0.3 is 6.18 Å². The number of piperidine rings is 1. The predicted octanol–water partition coefficient (Wildman–Crippen LogP) is 3.11. The standard InChI is InChI=1S/C28H31F6N7O3/c1-15-3-4-16(9-18(15)24(42)38-20-13-40(12-19(20)29)25(43)26(2,44)28(32,33)34)21-10-17(22-23(35)36-14-37-41(21)22)11-39-7-5-27(30,31)6-8-39/h3-4,9-10,14,19-20,44H,5-8,11-13H2,1-2H3,(H,38,42)(H2,35,36,37)/t19?,20-,26-/m1/s1. The van der Waals surface area contributed by atoms with Gasteiger partial charge in [-0.1, -0.05) is 12.1 Å². The van der Waals surface area contributed by atoms with E-state index >= 15 is 0 Å². The lowest BCUT2D eigenvalue weighted by Crippen LogP contribution is -2.56.